The van der Waals surface area contributed by atoms with Gasteiger partial charge >= 0.3 is 6.18 Å². The zero-order valence-electron chi connectivity index (χ0n) is 11.1. The van der Waals surface area contributed by atoms with Crippen molar-refractivity contribution in [1.29, 1.82) is 0 Å². The highest BCUT2D eigenvalue weighted by Gasteiger charge is 2.33. The van der Waals surface area contributed by atoms with Crippen molar-refractivity contribution < 1.29 is 22.7 Å². The van der Waals surface area contributed by atoms with E-state index in [9.17, 15) is 18.0 Å². The van der Waals surface area contributed by atoms with Crippen LogP contribution >= 0.6 is 15.9 Å². The molecule has 20 heavy (non-hydrogen) atoms. The number of carbonyl (C=O) groups is 1. The van der Waals surface area contributed by atoms with Crippen molar-refractivity contribution >= 4 is 21.8 Å². The molecule has 0 saturated heterocycles. The Labute approximate surface area is 123 Å². The van der Waals surface area contributed by atoms with E-state index in [1.807, 2.05) is 0 Å². The number of hydrogen-bond acceptors (Lipinski definition) is 2. The minimum absolute atomic E-state index is 0.0270. The molecule has 7 heteroatoms. The lowest BCUT2D eigenvalue weighted by Crippen LogP contribution is -2.27. The Morgan fingerprint density at radius 1 is 1.45 bits per heavy atom. The third kappa shape index (κ3) is 5.13. The maximum Gasteiger partial charge on any atom is 0.416 e. The highest BCUT2D eigenvalue weighted by atomic mass is 79.9. The van der Waals surface area contributed by atoms with E-state index in [1.54, 1.807) is 6.92 Å². The Morgan fingerprint density at radius 3 is 2.65 bits per heavy atom. The fourth-order valence-electron chi connectivity index (χ4n) is 1.58. The Kier molecular flexibility index (Phi) is 6.01. The molecule has 1 N–H and O–H groups in total. The first-order chi connectivity index (χ1) is 9.24. The van der Waals surface area contributed by atoms with Gasteiger partial charge in [-0.1, -0.05) is 22.0 Å². The molecule has 0 aliphatic carbocycles. The normalized spacial score (nSPS) is 13.1. The van der Waals surface area contributed by atoms with Gasteiger partial charge in [-0.2, -0.15) is 13.2 Å². The summed E-state index contributed by atoms with van der Waals surface area (Å²) in [5.74, 6) is -0.351. The number of ether oxygens (including phenoxy) is 1. The lowest BCUT2D eigenvalue weighted by Gasteiger charge is -2.15. The third-order valence-corrected chi connectivity index (χ3v) is 3.22. The molecule has 1 unspecified atom stereocenters. The molecular formula is C13H15BrF3NO2. The van der Waals surface area contributed by atoms with E-state index in [4.69, 9.17) is 4.74 Å². The Hall–Kier alpha value is -1.08. The number of alkyl halides is 3. The van der Waals surface area contributed by atoms with Crippen LogP contribution in [0.15, 0.2) is 22.7 Å². The van der Waals surface area contributed by atoms with Gasteiger partial charge in [-0.3, -0.25) is 4.79 Å². The molecule has 0 spiro atoms. The van der Waals surface area contributed by atoms with Crippen molar-refractivity contribution in [2.45, 2.75) is 32.2 Å². The first kappa shape index (κ1) is 17.0. The van der Waals surface area contributed by atoms with Gasteiger partial charge in [0.2, 0.25) is 5.91 Å². The summed E-state index contributed by atoms with van der Waals surface area (Å²) in [5.41, 5.74) is -0.730. The SMILES string of the molecule is COC(C)CC(=O)NCc1ccc(Br)cc1C(F)(F)F. The summed E-state index contributed by atoms with van der Waals surface area (Å²) in [6.45, 7) is 1.54. The van der Waals surface area contributed by atoms with Gasteiger partial charge in [-0.05, 0) is 24.6 Å². The molecule has 0 heterocycles. The van der Waals surface area contributed by atoms with Gasteiger partial charge in [-0.15, -0.1) is 0 Å². The molecule has 1 atom stereocenters. The second-order valence-corrected chi connectivity index (χ2v) is 5.24. The number of hydrogen-bond donors (Lipinski definition) is 1. The van der Waals surface area contributed by atoms with Gasteiger partial charge in [0.15, 0.2) is 0 Å². The van der Waals surface area contributed by atoms with E-state index < -0.39 is 11.7 Å². The zero-order valence-corrected chi connectivity index (χ0v) is 12.6. The molecule has 1 aromatic rings. The second kappa shape index (κ2) is 7.08. The summed E-state index contributed by atoms with van der Waals surface area (Å²) in [6.07, 6.45) is -4.63. The summed E-state index contributed by atoms with van der Waals surface area (Å²) in [6, 6.07) is 3.85. The van der Waals surface area contributed by atoms with Gasteiger partial charge in [0.05, 0.1) is 18.1 Å². The Balaban J connectivity index is 2.76. The van der Waals surface area contributed by atoms with Crippen molar-refractivity contribution in [3.63, 3.8) is 0 Å². The maximum atomic E-state index is 12.9. The first-order valence-corrected chi connectivity index (χ1v) is 6.68. The van der Waals surface area contributed by atoms with E-state index in [0.717, 1.165) is 6.07 Å². The van der Waals surface area contributed by atoms with Crippen LogP contribution in [0.1, 0.15) is 24.5 Å². The molecule has 0 saturated carbocycles. The van der Waals surface area contributed by atoms with Crippen LogP contribution in [0.2, 0.25) is 0 Å². The number of benzene rings is 1. The summed E-state index contributed by atoms with van der Waals surface area (Å²) in [7, 11) is 1.47. The van der Waals surface area contributed by atoms with Crippen molar-refractivity contribution in [3.8, 4) is 0 Å². The average Bonchev–Trinajstić information content (AvgIpc) is 2.36. The van der Waals surface area contributed by atoms with Gasteiger partial charge in [0.25, 0.3) is 0 Å². The monoisotopic (exact) mass is 353 g/mol. The van der Waals surface area contributed by atoms with E-state index in [1.165, 1.54) is 19.2 Å². The first-order valence-electron chi connectivity index (χ1n) is 5.89. The molecule has 1 rings (SSSR count). The van der Waals surface area contributed by atoms with Crippen LogP contribution in [0.4, 0.5) is 13.2 Å². The van der Waals surface area contributed by atoms with E-state index in [-0.39, 0.29) is 30.5 Å². The predicted molar refractivity (Wildman–Crippen MR) is 72.1 cm³/mol. The molecule has 0 radical (unpaired) electrons. The molecule has 3 nitrogen and oxygen atoms in total. The molecular weight excluding hydrogens is 339 g/mol. The van der Waals surface area contributed by atoms with E-state index in [0.29, 0.717) is 4.47 Å². The lowest BCUT2D eigenvalue weighted by atomic mass is 10.1. The number of nitrogens with one attached hydrogen (secondary N) is 1. The quantitative estimate of drug-likeness (QED) is 0.879. The number of rotatable bonds is 5. The highest BCUT2D eigenvalue weighted by Crippen LogP contribution is 2.33. The topological polar surface area (TPSA) is 38.3 Å². The number of halogens is 4. The number of amides is 1. The van der Waals surface area contributed by atoms with Crippen molar-refractivity contribution in [1.82, 2.24) is 5.32 Å². The van der Waals surface area contributed by atoms with Gasteiger partial charge < -0.3 is 10.1 Å². The fourth-order valence-corrected chi connectivity index (χ4v) is 1.94. The molecule has 0 aliphatic rings. The minimum atomic E-state index is -4.45. The summed E-state index contributed by atoms with van der Waals surface area (Å²) in [4.78, 5) is 11.5. The smallest absolute Gasteiger partial charge is 0.381 e. The maximum absolute atomic E-state index is 12.9. The third-order valence-electron chi connectivity index (χ3n) is 2.73. The van der Waals surface area contributed by atoms with Crippen molar-refractivity contribution in [3.05, 3.63) is 33.8 Å². The van der Waals surface area contributed by atoms with Crippen LogP contribution in [0, 0.1) is 0 Å². The fraction of sp³-hybridized carbons (Fsp3) is 0.462. The van der Waals surface area contributed by atoms with Crippen LogP contribution < -0.4 is 5.32 Å². The lowest BCUT2D eigenvalue weighted by molar-refractivity contribution is -0.138. The molecule has 0 aliphatic heterocycles. The van der Waals surface area contributed by atoms with Crippen LogP contribution in [0.5, 0.6) is 0 Å². The van der Waals surface area contributed by atoms with Gasteiger partial charge in [-0.25, -0.2) is 0 Å². The largest absolute Gasteiger partial charge is 0.416 e. The van der Waals surface area contributed by atoms with Crippen molar-refractivity contribution in [2.75, 3.05) is 7.11 Å². The van der Waals surface area contributed by atoms with Crippen LogP contribution in [-0.4, -0.2) is 19.1 Å². The van der Waals surface area contributed by atoms with E-state index in [2.05, 4.69) is 21.2 Å². The summed E-state index contributed by atoms with van der Waals surface area (Å²) in [5, 5.41) is 2.46. The molecule has 0 aromatic heterocycles. The zero-order chi connectivity index (χ0) is 15.3. The molecule has 0 bridgehead atoms. The Bertz CT molecular complexity index is 477. The molecule has 112 valence electrons. The van der Waals surface area contributed by atoms with Gasteiger partial charge in [0.1, 0.15) is 0 Å². The number of methoxy groups -OCH3 is 1. The second-order valence-electron chi connectivity index (χ2n) is 4.33. The number of carbonyl (C=O) groups excluding carboxylic acids is 1. The van der Waals surface area contributed by atoms with Gasteiger partial charge in [0, 0.05) is 18.1 Å². The molecule has 0 fully saturated rings. The minimum Gasteiger partial charge on any atom is -0.381 e. The summed E-state index contributed by atoms with van der Waals surface area (Å²) >= 11 is 3.01. The van der Waals surface area contributed by atoms with Crippen LogP contribution in [0.3, 0.4) is 0 Å². The highest BCUT2D eigenvalue weighted by molar-refractivity contribution is 9.10. The molecule has 1 aromatic carbocycles. The van der Waals surface area contributed by atoms with Crippen molar-refractivity contribution in [2.24, 2.45) is 0 Å². The van der Waals surface area contributed by atoms with Crippen LogP contribution in [-0.2, 0) is 22.3 Å². The molecule has 1 amide bonds. The summed E-state index contributed by atoms with van der Waals surface area (Å²) < 4.78 is 43.9. The van der Waals surface area contributed by atoms with Crippen LogP contribution in [0.25, 0.3) is 0 Å². The standard InChI is InChI=1S/C13H15BrF3NO2/c1-8(20-2)5-12(19)18-7-9-3-4-10(14)6-11(9)13(15,16)17/h3-4,6,8H,5,7H2,1-2H3,(H,18,19). The predicted octanol–water partition coefficient (Wildman–Crippen LogP) is 3.51. The van der Waals surface area contributed by atoms with E-state index >= 15 is 0 Å². The average molecular weight is 354 g/mol. The Morgan fingerprint density at radius 2 is 2.10 bits per heavy atom.